The van der Waals surface area contributed by atoms with E-state index in [1.165, 1.54) is 0 Å². The number of carbonyl (C=O) groups excluding carboxylic acids is 1. The molecule has 1 aliphatic rings. The van der Waals surface area contributed by atoms with Gasteiger partial charge in [0.2, 0.25) is 5.91 Å². The molecule has 0 atom stereocenters. The molecule has 1 saturated heterocycles. The molecular weight excluding hydrogens is 220 g/mol. The van der Waals surface area contributed by atoms with Gasteiger partial charge in [-0.2, -0.15) is 0 Å². The second kappa shape index (κ2) is 5.29. The molecule has 0 aliphatic carbocycles. The monoisotopic (exact) mass is 238 g/mol. The minimum absolute atomic E-state index is 0.179. The number of amides is 1. The van der Waals surface area contributed by atoms with Crippen LogP contribution in [-0.4, -0.2) is 63.2 Å². The van der Waals surface area contributed by atoms with Crippen molar-refractivity contribution in [3.63, 3.8) is 0 Å². The van der Waals surface area contributed by atoms with Gasteiger partial charge in [-0.05, 0) is 0 Å². The Morgan fingerprint density at radius 3 is 2.65 bits per heavy atom. The van der Waals surface area contributed by atoms with E-state index in [-0.39, 0.29) is 12.5 Å². The van der Waals surface area contributed by atoms with E-state index in [2.05, 4.69) is 9.88 Å². The second-order valence-corrected chi connectivity index (χ2v) is 4.27. The first kappa shape index (κ1) is 12.1. The first-order valence-electron chi connectivity index (χ1n) is 5.78. The van der Waals surface area contributed by atoms with E-state index in [0.717, 1.165) is 25.5 Å². The molecule has 1 fully saturated rings. The maximum Gasteiger partial charge on any atom is 0.248 e. The van der Waals surface area contributed by atoms with Crippen LogP contribution in [0.3, 0.4) is 0 Å². The van der Waals surface area contributed by atoms with Crippen molar-refractivity contribution in [2.24, 2.45) is 7.05 Å². The summed E-state index contributed by atoms with van der Waals surface area (Å²) in [5.74, 6) is 0.855. The number of nitrogens with zero attached hydrogens (tertiary/aromatic N) is 4. The Hall–Kier alpha value is -1.40. The number of imidazole rings is 1. The van der Waals surface area contributed by atoms with Gasteiger partial charge in [0, 0.05) is 45.6 Å². The molecule has 1 aliphatic heterocycles. The van der Waals surface area contributed by atoms with E-state index < -0.39 is 0 Å². The van der Waals surface area contributed by atoms with Gasteiger partial charge in [-0.3, -0.25) is 9.69 Å². The minimum atomic E-state index is -0.390. The van der Waals surface area contributed by atoms with E-state index in [9.17, 15) is 4.79 Å². The number of hydrogen-bond donors (Lipinski definition) is 1. The lowest BCUT2D eigenvalue weighted by atomic mass is 10.3. The van der Waals surface area contributed by atoms with Crippen LogP contribution in [0.5, 0.6) is 0 Å². The van der Waals surface area contributed by atoms with E-state index >= 15 is 0 Å². The SMILES string of the molecule is Cn1ccnc1CN1CCN(C(=O)CO)CC1. The zero-order chi connectivity index (χ0) is 12.3. The average Bonchev–Trinajstić information content (AvgIpc) is 2.75. The first-order chi connectivity index (χ1) is 8.20. The molecule has 0 spiro atoms. The van der Waals surface area contributed by atoms with Crippen molar-refractivity contribution in [1.82, 2.24) is 19.4 Å². The number of aliphatic hydroxyl groups is 1. The van der Waals surface area contributed by atoms with Crippen molar-refractivity contribution in [1.29, 1.82) is 0 Å². The minimum Gasteiger partial charge on any atom is -0.387 e. The highest BCUT2D eigenvalue weighted by atomic mass is 16.3. The summed E-state index contributed by atoms with van der Waals surface area (Å²) in [6.07, 6.45) is 3.72. The Bertz CT molecular complexity index is 383. The summed E-state index contributed by atoms with van der Waals surface area (Å²) in [5, 5.41) is 8.78. The van der Waals surface area contributed by atoms with Crippen LogP contribution >= 0.6 is 0 Å². The fourth-order valence-corrected chi connectivity index (χ4v) is 2.00. The Balaban J connectivity index is 1.83. The third-order valence-corrected chi connectivity index (χ3v) is 3.15. The van der Waals surface area contributed by atoms with Gasteiger partial charge in [-0.15, -0.1) is 0 Å². The Labute approximate surface area is 100 Å². The molecule has 0 aromatic carbocycles. The molecule has 94 valence electrons. The van der Waals surface area contributed by atoms with Crippen molar-refractivity contribution < 1.29 is 9.90 Å². The van der Waals surface area contributed by atoms with Crippen LogP contribution < -0.4 is 0 Å². The summed E-state index contributed by atoms with van der Waals surface area (Å²) in [6.45, 7) is 3.45. The fraction of sp³-hybridized carbons (Fsp3) is 0.636. The van der Waals surface area contributed by atoms with Gasteiger partial charge in [0.25, 0.3) is 0 Å². The standard InChI is InChI=1S/C11H18N4O2/c1-13-3-2-12-10(13)8-14-4-6-15(7-5-14)11(17)9-16/h2-3,16H,4-9H2,1H3. The normalized spacial score (nSPS) is 17.4. The summed E-state index contributed by atoms with van der Waals surface area (Å²) in [4.78, 5) is 19.5. The highest BCUT2D eigenvalue weighted by Gasteiger charge is 2.20. The van der Waals surface area contributed by atoms with Crippen LogP contribution in [0.4, 0.5) is 0 Å². The van der Waals surface area contributed by atoms with E-state index in [4.69, 9.17) is 5.11 Å². The Morgan fingerprint density at radius 2 is 2.12 bits per heavy atom. The topological polar surface area (TPSA) is 61.6 Å². The van der Waals surface area contributed by atoms with Crippen molar-refractivity contribution >= 4 is 5.91 Å². The largest absolute Gasteiger partial charge is 0.387 e. The molecule has 1 amide bonds. The van der Waals surface area contributed by atoms with Gasteiger partial charge < -0.3 is 14.6 Å². The third kappa shape index (κ3) is 2.83. The predicted octanol–water partition coefficient (Wildman–Crippen LogP) is -0.943. The molecule has 0 unspecified atom stereocenters. The maximum atomic E-state index is 11.3. The fourth-order valence-electron chi connectivity index (χ4n) is 2.00. The van der Waals surface area contributed by atoms with E-state index in [0.29, 0.717) is 13.1 Å². The molecule has 1 N–H and O–H groups in total. The number of aryl methyl sites for hydroxylation is 1. The average molecular weight is 238 g/mol. The summed E-state index contributed by atoms with van der Waals surface area (Å²) in [7, 11) is 1.98. The number of carbonyl (C=O) groups is 1. The summed E-state index contributed by atoms with van der Waals surface area (Å²) in [5.41, 5.74) is 0. The zero-order valence-corrected chi connectivity index (χ0v) is 10.0. The van der Waals surface area contributed by atoms with Gasteiger partial charge in [-0.1, -0.05) is 0 Å². The first-order valence-corrected chi connectivity index (χ1v) is 5.78. The van der Waals surface area contributed by atoms with Crippen LogP contribution in [0, 0.1) is 0 Å². The number of rotatable bonds is 3. The molecule has 0 saturated carbocycles. The molecule has 17 heavy (non-hydrogen) atoms. The van der Waals surface area contributed by atoms with Crippen molar-refractivity contribution in [3.05, 3.63) is 18.2 Å². The molecule has 2 heterocycles. The van der Waals surface area contributed by atoms with Gasteiger partial charge in [0.15, 0.2) is 0 Å². The lowest BCUT2D eigenvalue weighted by molar-refractivity contribution is -0.136. The summed E-state index contributed by atoms with van der Waals surface area (Å²) >= 11 is 0. The Kier molecular flexibility index (Phi) is 3.75. The number of hydrogen-bond acceptors (Lipinski definition) is 4. The number of aromatic nitrogens is 2. The van der Waals surface area contributed by atoms with Crippen molar-refractivity contribution in [3.8, 4) is 0 Å². The van der Waals surface area contributed by atoms with Crippen LogP contribution in [0.15, 0.2) is 12.4 Å². The molecule has 6 nitrogen and oxygen atoms in total. The highest BCUT2D eigenvalue weighted by molar-refractivity contribution is 5.77. The van der Waals surface area contributed by atoms with E-state index in [1.807, 2.05) is 17.8 Å². The van der Waals surface area contributed by atoms with Crippen LogP contribution in [-0.2, 0) is 18.4 Å². The smallest absolute Gasteiger partial charge is 0.248 e. The predicted molar refractivity (Wildman–Crippen MR) is 62.2 cm³/mol. The lowest BCUT2D eigenvalue weighted by Crippen LogP contribution is -2.49. The third-order valence-electron chi connectivity index (χ3n) is 3.15. The Morgan fingerprint density at radius 1 is 1.41 bits per heavy atom. The van der Waals surface area contributed by atoms with Crippen molar-refractivity contribution in [2.45, 2.75) is 6.54 Å². The van der Waals surface area contributed by atoms with Crippen LogP contribution in [0.1, 0.15) is 5.82 Å². The van der Waals surface area contributed by atoms with Crippen LogP contribution in [0.25, 0.3) is 0 Å². The highest BCUT2D eigenvalue weighted by Crippen LogP contribution is 2.06. The molecule has 6 heteroatoms. The molecule has 0 bridgehead atoms. The second-order valence-electron chi connectivity index (χ2n) is 4.27. The van der Waals surface area contributed by atoms with Gasteiger partial charge in [-0.25, -0.2) is 4.98 Å². The quantitative estimate of drug-likeness (QED) is 0.738. The number of aliphatic hydroxyl groups excluding tert-OH is 1. The summed E-state index contributed by atoms with van der Waals surface area (Å²) < 4.78 is 2.01. The van der Waals surface area contributed by atoms with Crippen molar-refractivity contribution in [2.75, 3.05) is 32.8 Å². The molecule has 1 aromatic rings. The van der Waals surface area contributed by atoms with Gasteiger partial charge >= 0.3 is 0 Å². The van der Waals surface area contributed by atoms with Gasteiger partial charge in [0.05, 0.1) is 6.54 Å². The molecular formula is C11H18N4O2. The van der Waals surface area contributed by atoms with E-state index in [1.54, 1.807) is 11.1 Å². The molecule has 0 radical (unpaired) electrons. The molecule has 2 rings (SSSR count). The number of piperazine rings is 1. The zero-order valence-electron chi connectivity index (χ0n) is 10.0. The van der Waals surface area contributed by atoms with Crippen LogP contribution in [0.2, 0.25) is 0 Å². The summed E-state index contributed by atoms with van der Waals surface area (Å²) in [6, 6.07) is 0. The molecule has 1 aromatic heterocycles. The maximum absolute atomic E-state index is 11.3. The lowest BCUT2D eigenvalue weighted by Gasteiger charge is -2.34. The van der Waals surface area contributed by atoms with Gasteiger partial charge in [0.1, 0.15) is 12.4 Å².